The van der Waals surface area contributed by atoms with Crippen LogP contribution in [0.5, 0.6) is 0 Å². The molecule has 1 N–H and O–H groups in total. The molecular weight excluding hydrogens is 188 g/mol. The second kappa shape index (κ2) is 3.93. The van der Waals surface area contributed by atoms with Gasteiger partial charge in [0, 0.05) is 12.1 Å². The zero-order valence-electron chi connectivity index (χ0n) is 9.82. The molecule has 4 nitrogen and oxygen atoms in total. The highest BCUT2D eigenvalue weighted by molar-refractivity contribution is 4.99. The van der Waals surface area contributed by atoms with E-state index in [1.54, 1.807) is 6.33 Å². The first-order chi connectivity index (χ1) is 7.09. The van der Waals surface area contributed by atoms with Crippen LogP contribution in [0.2, 0.25) is 0 Å². The van der Waals surface area contributed by atoms with Crippen molar-refractivity contribution >= 4 is 0 Å². The van der Waals surface area contributed by atoms with Gasteiger partial charge in [0.2, 0.25) is 0 Å². The minimum atomic E-state index is 0.370. The van der Waals surface area contributed by atoms with Crippen LogP contribution >= 0.6 is 0 Å². The van der Waals surface area contributed by atoms with E-state index in [1.165, 1.54) is 12.8 Å². The predicted molar refractivity (Wildman–Crippen MR) is 59.3 cm³/mol. The summed E-state index contributed by atoms with van der Waals surface area (Å²) >= 11 is 0. The van der Waals surface area contributed by atoms with E-state index in [0.717, 1.165) is 18.9 Å². The minimum Gasteiger partial charge on any atom is -0.305 e. The van der Waals surface area contributed by atoms with Gasteiger partial charge in [-0.1, -0.05) is 13.8 Å². The van der Waals surface area contributed by atoms with Gasteiger partial charge in [0.05, 0.1) is 6.54 Å². The van der Waals surface area contributed by atoms with Gasteiger partial charge in [-0.3, -0.25) is 0 Å². The summed E-state index contributed by atoms with van der Waals surface area (Å²) < 4.78 is 2.00. The molecule has 0 unspecified atom stereocenters. The summed E-state index contributed by atoms with van der Waals surface area (Å²) in [6.07, 6.45) is 4.21. The molecule has 2 rings (SSSR count). The van der Waals surface area contributed by atoms with E-state index >= 15 is 0 Å². The summed E-state index contributed by atoms with van der Waals surface area (Å²) in [4.78, 5) is 4.29. The maximum Gasteiger partial charge on any atom is 0.140 e. The average Bonchev–Trinajstić information content (AvgIpc) is 2.74. The van der Waals surface area contributed by atoms with Crippen LogP contribution in [0.3, 0.4) is 0 Å². The van der Waals surface area contributed by atoms with E-state index in [-0.39, 0.29) is 0 Å². The number of nitrogens with one attached hydrogen (secondary N) is 1. The quantitative estimate of drug-likeness (QED) is 0.799. The molecule has 1 aromatic rings. The summed E-state index contributed by atoms with van der Waals surface area (Å²) in [7, 11) is 0. The van der Waals surface area contributed by atoms with E-state index in [2.05, 4.69) is 36.2 Å². The first-order valence-corrected chi connectivity index (χ1v) is 5.71. The molecule has 84 valence electrons. The first kappa shape index (κ1) is 10.6. The van der Waals surface area contributed by atoms with Crippen molar-refractivity contribution in [3.05, 3.63) is 12.2 Å². The SMILES string of the molecule is CC(C)Cn1ncnc1CNC1(C)CC1. The maximum absolute atomic E-state index is 4.29. The second-order valence-corrected chi connectivity index (χ2v) is 5.17. The molecule has 1 heterocycles. The molecule has 1 saturated carbocycles. The molecule has 1 aromatic heterocycles. The first-order valence-electron chi connectivity index (χ1n) is 5.71. The zero-order valence-corrected chi connectivity index (χ0v) is 9.82. The molecule has 0 radical (unpaired) electrons. The van der Waals surface area contributed by atoms with Crippen LogP contribution in [0, 0.1) is 5.92 Å². The van der Waals surface area contributed by atoms with Crippen molar-refractivity contribution < 1.29 is 0 Å². The fourth-order valence-corrected chi connectivity index (χ4v) is 1.58. The van der Waals surface area contributed by atoms with Crippen LogP contribution in [0.15, 0.2) is 6.33 Å². The van der Waals surface area contributed by atoms with Crippen LogP contribution in [-0.2, 0) is 13.1 Å². The van der Waals surface area contributed by atoms with E-state index in [4.69, 9.17) is 0 Å². The number of aromatic nitrogens is 3. The summed E-state index contributed by atoms with van der Waals surface area (Å²) in [5.41, 5.74) is 0.370. The lowest BCUT2D eigenvalue weighted by atomic mass is 10.2. The molecule has 15 heavy (non-hydrogen) atoms. The molecule has 0 bridgehead atoms. The van der Waals surface area contributed by atoms with Crippen molar-refractivity contribution in [3.63, 3.8) is 0 Å². The predicted octanol–water partition coefficient (Wildman–Crippen LogP) is 1.58. The highest BCUT2D eigenvalue weighted by Crippen LogP contribution is 2.34. The third-order valence-electron chi connectivity index (χ3n) is 2.91. The Bertz CT molecular complexity index is 325. The third kappa shape index (κ3) is 2.78. The molecular formula is C11H20N4. The monoisotopic (exact) mass is 208 g/mol. The van der Waals surface area contributed by atoms with Crippen LogP contribution < -0.4 is 5.32 Å². The Morgan fingerprint density at radius 2 is 2.27 bits per heavy atom. The average molecular weight is 208 g/mol. The lowest BCUT2D eigenvalue weighted by molar-refractivity contribution is 0.443. The van der Waals surface area contributed by atoms with Gasteiger partial charge in [-0.25, -0.2) is 9.67 Å². The largest absolute Gasteiger partial charge is 0.305 e. The van der Waals surface area contributed by atoms with E-state index in [9.17, 15) is 0 Å². The Morgan fingerprint density at radius 1 is 1.53 bits per heavy atom. The molecule has 0 aliphatic heterocycles. The van der Waals surface area contributed by atoms with Gasteiger partial charge in [0.15, 0.2) is 0 Å². The molecule has 1 aliphatic carbocycles. The molecule has 1 aliphatic rings. The summed E-state index contributed by atoms with van der Waals surface area (Å²) in [6.45, 7) is 8.44. The third-order valence-corrected chi connectivity index (χ3v) is 2.91. The highest BCUT2D eigenvalue weighted by atomic mass is 15.3. The van der Waals surface area contributed by atoms with Crippen LogP contribution in [-0.4, -0.2) is 20.3 Å². The second-order valence-electron chi connectivity index (χ2n) is 5.17. The minimum absolute atomic E-state index is 0.370. The Balaban J connectivity index is 1.92. The smallest absolute Gasteiger partial charge is 0.140 e. The zero-order chi connectivity index (χ0) is 10.9. The Hall–Kier alpha value is -0.900. The summed E-state index contributed by atoms with van der Waals surface area (Å²) in [5.74, 6) is 1.67. The van der Waals surface area contributed by atoms with Gasteiger partial charge in [0.25, 0.3) is 0 Å². The van der Waals surface area contributed by atoms with Gasteiger partial charge in [-0.2, -0.15) is 5.10 Å². The van der Waals surface area contributed by atoms with E-state index in [0.29, 0.717) is 11.5 Å². The maximum atomic E-state index is 4.29. The summed E-state index contributed by atoms with van der Waals surface area (Å²) in [5, 5.41) is 7.77. The van der Waals surface area contributed by atoms with Crippen molar-refractivity contribution in [1.29, 1.82) is 0 Å². The van der Waals surface area contributed by atoms with Gasteiger partial charge < -0.3 is 5.32 Å². The Morgan fingerprint density at radius 3 is 2.87 bits per heavy atom. The van der Waals surface area contributed by atoms with Crippen molar-refractivity contribution in [3.8, 4) is 0 Å². The molecule has 1 fully saturated rings. The number of hydrogen-bond donors (Lipinski definition) is 1. The number of rotatable bonds is 5. The van der Waals surface area contributed by atoms with Gasteiger partial charge in [0.1, 0.15) is 12.2 Å². The Kier molecular flexibility index (Phi) is 2.78. The summed E-state index contributed by atoms with van der Waals surface area (Å²) in [6, 6.07) is 0. The molecule has 0 saturated heterocycles. The van der Waals surface area contributed by atoms with E-state index < -0.39 is 0 Å². The Labute approximate surface area is 91.1 Å². The molecule has 0 atom stereocenters. The van der Waals surface area contributed by atoms with Crippen molar-refractivity contribution in [2.45, 2.75) is 52.2 Å². The van der Waals surface area contributed by atoms with Gasteiger partial charge in [-0.05, 0) is 25.7 Å². The van der Waals surface area contributed by atoms with Crippen LogP contribution in [0.4, 0.5) is 0 Å². The topological polar surface area (TPSA) is 42.7 Å². The van der Waals surface area contributed by atoms with Crippen LogP contribution in [0.1, 0.15) is 39.4 Å². The molecule has 4 heteroatoms. The van der Waals surface area contributed by atoms with Crippen molar-refractivity contribution in [2.75, 3.05) is 0 Å². The molecule has 0 spiro atoms. The normalized spacial score (nSPS) is 18.4. The van der Waals surface area contributed by atoms with Crippen molar-refractivity contribution in [1.82, 2.24) is 20.1 Å². The number of hydrogen-bond acceptors (Lipinski definition) is 3. The standard InChI is InChI=1S/C11H20N4/c1-9(2)7-15-10(12-8-14-15)6-13-11(3)4-5-11/h8-9,13H,4-7H2,1-3H3. The lowest BCUT2D eigenvalue weighted by Crippen LogP contribution is -2.29. The van der Waals surface area contributed by atoms with E-state index in [1.807, 2.05) is 4.68 Å². The number of nitrogens with zero attached hydrogens (tertiary/aromatic N) is 3. The van der Waals surface area contributed by atoms with Crippen molar-refractivity contribution in [2.24, 2.45) is 5.92 Å². The fourth-order valence-electron chi connectivity index (χ4n) is 1.58. The van der Waals surface area contributed by atoms with Gasteiger partial charge in [-0.15, -0.1) is 0 Å². The lowest BCUT2D eigenvalue weighted by Gasteiger charge is -2.12. The van der Waals surface area contributed by atoms with Gasteiger partial charge >= 0.3 is 0 Å². The molecule has 0 aromatic carbocycles. The fraction of sp³-hybridized carbons (Fsp3) is 0.818. The van der Waals surface area contributed by atoms with Crippen LogP contribution in [0.25, 0.3) is 0 Å². The highest BCUT2D eigenvalue weighted by Gasteiger charge is 2.36. The molecule has 0 amide bonds.